The van der Waals surface area contributed by atoms with Gasteiger partial charge in [-0.1, -0.05) is 198 Å². The van der Waals surface area contributed by atoms with Crippen LogP contribution in [-0.2, 0) is 4.79 Å². The number of rotatable bonds is 17. The second kappa shape index (κ2) is 46.9. The van der Waals surface area contributed by atoms with Crippen molar-refractivity contribution in [3.8, 4) is 0 Å². The van der Waals surface area contributed by atoms with E-state index in [1.165, 1.54) is 80.8 Å². The van der Waals surface area contributed by atoms with Crippen LogP contribution < -0.4 is 16.2 Å². The summed E-state index contributed by atoms with van der Waals surface area (Å²) in [6.45, 7) is 41.0. The number of nitrogens with two attached hydrogens (primary N) is 1. The zero-order chi connectivity index (χ0) is 51.0. The minimum atomic E-state index is 0.0211. The summed E-state index contributed by atoms with van der Waals surface area (Å²) in [5, 5.41) is 12.6. The lowest BCUT2D eigenvalue weighted by atomic mass is 9.72. The van der Waals surface area contributed by atoms with Crippen molar-refractivity contribution in [3.05, 3.63) is 58.7 Å². The Hall–Kier alpha value is 0.190. The smallest absolute Gasteiger partial charge is 0.217 e. The average molecular weight is 1010 g/mol. The molecule has 4 nitrogen and oxygen atoms in total. The number of amides is 1. The number of nitrogens with one attached hydrogen (secondary N) is 1. The molecule has 2 aliphatic rings. The molecule has 0 aromatic carbocycles. The Kier molecular flexibility index (Phi) is 53.6. The van der Waals surface area contributed by atoms with Gasteiger partial charge in [0.1, 0.15) is 0 Å². The summed E-state index contributed by atoms with van der Waals surface area (Å²) in [7, 11) is 4.93. The van der Waals surface area contributed by atoms with E-state index in [4.69, 9.17) is 10.8 Å². The van der Waals surface area contributed by atoms with Crippen molar-refractivity contribution in [1.29, 1.82) is 0 Å². The van der Waals surface area contributed by atoms with E-state index in [0.29, 0.717) is 40.1 Å². The Morgan fingerprint density at radius 1 is 0.828 bits per heavy atom. The van der Waals surface area contributed by atoms with Gasteiger partial charge in [0.05, 0.1) is 0 Å². The third-order valence-electron chi connectivity index (χ3n) is 10.4. The molecule has 0 aromatic rings. The minimum absolute atomic E-state index is 0.0211. The van der Waals surface area contributed by atoms with Crippen LogP contribution in [0, 0.1) is 40.9 Å². The Bertz CT molecular complexity index is 1220. The number of carbonyl (C=O) groups is 1. The largest absolute Gasteiger partial charge is 0.857 e. The van der Waals surface area contributed by atoms with Crippen molar-refractivity contribution < 1.29 is 9.90 Å². The quantitative estimate of drug-likeness (QED) is 0.0379. The number of carbonyl (C=O) groups excluding carboxylic acids is 1. The Morgan fingerprint density at radius 2 is 1.38 bits per heavy atom. The zero-order valence-corrected chi connectivity index (χ0v) is 50.4. The molecule has 382 valence electrons. The van der Waals surface area contributed by atoms with Gasteiger partial charge in [-0.2, -0.15) is 57.6 Å². The maximum Gasteiger partial charge on any atom is 0.217 e. The summed E-state index contributed by atoms with van der Waals surface area (Å²) in [5.74, 6) is 7.90. The van der Waals surface area contributed by atoms with E-state index >= 15 is 0 Å². The molecule has 4 unspecified atom stereocenters. The molecule has 0 spiro atoms. The number of unbranched alkanes of at least 4 members (excludes halogenated alkanes) is 1. The first-order valence-corrected chi connectivity index (χ1v) is 29.1. The summed E-state index contributed by atoms with van der Waals surface area (Å²) in [6.07, 6.45) is 24.5. The van der Waals surface area contributed by atoms with Gasteiger partial charge in [-0.3, -0.25) is 4.79 Å². The molecule has 64 heavy (non-hydrogen) atoms. The molecule has 3 N–H and O–H groups in total. The van der Waals surface area contributed by atoms with E-state index in [-0.39, 0.29) is 18.0 Å². The predicted molar refractivity (Wildman–Crippen MR) is 314 cm³/mol. The fourth-order valence-corrected chi connectivity index (χ4v) is 9.56. The first-order valence-electron chi connectivity index (χ1n) is 24.3. The maximum absolute atomic E-state index is 10.6. The van der Waals surface area contributed by atoms with Gasteiger partial charge in [0, 0.05) is 46.8 Å². The van der Waals surface area contributed by atoms with Crippen molar-refractivity contribution in [1.82, 2.24) is 5.32 Å². The van der Waals surface area contributed by atoms with E-state index in [0.717, 1.165) is 35.7 Å². The topological polar surface area (TPSA) is 78.2 Å². The van der Waals surface area contributed by atoms with E-state index in [1.54, 1.807) is 5.57 Å². The standard InChI is InChI=1S/C22H34.C10H20S2.C7H15NOS.C5H13NS.C5H12S.C4H10S.CH3O/c1-17(2)16-19(4)11-8-10-18(3)13-14-21-20(5)12-9-15-22(21,6)7;1-9(2)5-3-4-6-10-7-8-11-12-10;1-5(2)7(4-10)8-6(3)9;1-4(2)5(6)3-7;1-4(2)5(3)6;1-4(2)3-5;1-2/h8,10-11,13-14,16-17H,9,12,15H2,1-7H3;9-10H,3-8H2,1-2H3;5,7,10H,4H2,1-3H3,(H,8,9);4-5,7H,3,6H2,1-2H3;4-6H,1-3H3;4-5H,3H2,1-2H3;1H3/q;;;;;;-1/b11-8+,14-13+,18-10+,19-16+;;;;;;. The summed E-state index contributed by atoms with van der Waals surface area (Å²) in [4.78, 5) is 10.6. The number of thiol groups is 4. The Labute approximate surface area is 431 Å². The first kappa shape index (κ1) is 73.2. The molecule has 10 heteroatoms. The van der Waals surface area contributed by atoms with Gasteiger partial charge in [-0.15, -0.1) is 0 Å². The van der Waals surface area contributed by atoms with Gasteiger partial charge in [0.15, 0.2) is 0 Å². The van der Waals surface area contributed by atoms with Gasteiger partial charge in [0.2, 0.25) is 5.91 Å². The Morgan fingerprint density at radius 3 is 1.70 bits per heavy atom. The van der Waals surface area contributed by atoms with Gasteiger partial charge in [-0.25, -0.2) is 0 Å². The van der Waals surface area contributed by atoms with E-state index in [9.17, 15) is 4.79 Å². The lowest BCUT2D eigenvalue weighted by molar-refractivity contribution is -0.325. The van der Waals surface area contributed by atoms with Crippen LogP contribution >= 0.6 is 72.1 Å². The fourth-order valence-electron chi connectivity index (χ4n) is 5.60. The molecular formula is C54H107N2O2S6-. The van der Waals surface area contributed by atoms with Gasteiger partial charge >= 0.3 is 0 Å². The van der Waals surface area contributed by atoms with E-state index in [2.05, 4.69) is 239 Å². The molecule has 4 atom stereocenters. The summed E-state index contributed by atoms with van der Waals surface area (Å²) in [5.41, 5.74) is 11.6. The third-order valence-corrected chi connectivity index (χ3v) is 15.6. The molecule has 0 saturated carbocycles. The second-order valence-corrected chi connectivity index (χ2v) is 24.8. The first-order chi connectivity index (χ1) is 29.7. The lowest BCUT2D eigenvalue weighted by Crippen LogP contribution is -2.38. The van der Waals surface area contributed by atoms with Crippen LogP contribution in [-0.4, -0.2) is 58.6 Å². The molecule has 0 aromatic heterocycles. The maximum atomic E-state index is 10.6. The molecule has 1 amide bonds. The van der Waals surface area contributed by atoms with Crippen LogP contribution in [0.25, 0.3) is 0 Å². The molecule has 1 fully saturated rings. The van der Waals surface area contributed by atoms with E-state index < -0.39 is 0 Å². The molecule has 1 aliphatic carbocycles. The van der Waals surface area contributed by atoms with Crippen LogP contribution in [0.5, 0.6) is 0 Å². The van der Waals surface area contributed by atoms with Crippen molar-refractivity contribution in [2.75, 3.05) is 30.1 Å². The molecule has 1 aliphatic heterocycles. The van der Waals surface area contributed by atoms with Crippen LogP contribution in [0.3, 0.4) is 0 Å². The molecule has 1 heterocycles. The number of hydrogen-bond donors (Lipinski definition) is 6. The molecular weight excluding hydrogens is 901 g/mol. The van der Waals surface area contributed by atoms with Crippen molar-refractivity contribution in [2.24, 2.45) is 46.7 Å². The summed E-state index contributed by atoms with van der Waals surface area (Å²) in [6, 6.07) is 0.476. The van der Waals surface area contributed by atoms with Crippen LogP contribution in [0.4, 0.5) is 0 Å². The van der Waals surface area contributed by atoms with Crippen LogP contribution in [0.1, 0.15) is 183 Å². The average Bonchev–Trinajstić information content (AvgIpc) is 3.73. The molecule has 1 saturated heterocycles. The predicted octanol–water partition coefficient (Wildman–Crippen LogP) is 16.0. The fraction of sp³-hybridized carbons (Fsp3) is 0.796. The second-order valence-electron chi connectivity index (χ2n) is 20.1. The zero-order valence-electron chi connectivity index (χ0n) is 45.2. The highest BCUT2D eigenvalue weighted by Crippen LogP contribution is 2.41. The molecule has 0 radical (unpaired) electrons. The van der Waals surface area contributed by atoms with Crippen molar-refractivity contribution >= 4 is 78.0 Å². The van der Waals surface area contributed by atoms with Crippen LogP contribution in [0.2, 0.25) is 0 Å². The summed E-state index contributed by atoms with van der Waals surface area (Å²) >= 11 is 16.4. The van der Waals surface area contributed by atoms with Crippen molar-refractivity contribution in [2.45, 2.75) is 206 Å². The van der Waals surface area contributed by atoms with Gasteiger partial charge < -0.3 is 16.2 Å². The highest BCUT2D eigenvalue weighted by molar-refractivity contribution is 8.77. The molecule has 0 bridgehead atoms. The van der Waals surface area contributed by atoms with Crippen molar-refractivity contribution in [3.63, 3.8) is 0 Å². The number of allylic oxidation sites excluding steroid dienone is 10. The van der Waals surface area contributed by atoms with Gasteiger partial charge in [-0.05, 0) is 105 Å². The number of hydrogen-bond acceptors (Lipinski definition) is 9. The highest BCUT2D eigenvalue weighted by atomic mass is 33.1. The van der Waals surface area contributed by atoms with Crippen LogP contribution in [0.15, 0.2) is 58.7 Å². The highest BCUT2D eigenvalue weighted by Gasteiger charge is 2.26. The minimum Gasteiger partial charge on any atom is -0.857 e. The van der Waals surface area contributed by atoms with E-state index in [1.807, 2.05) is 0 Å². The Balaban J connectivity index is -0.000000235. The summed E-state index contributed by atoms with van der Waals surface area (Å²) < 4.78 is 0. The van der Waals surface area contributed by atoms with Gasteiger partial charge in [0.25, 0.3) is 0 Å². The molecule has 2 rings (SSSR count). The monoisotopic (exact) mass is 1010 g/mol. The normalized spacial score (nSPS) is 17.6. The SMILES string of the molecule is CC(=O)NC(CS)C(C)C.CC(C)C(C)S.CC(C)C(N)CS.CC(C)CCCCC1CCSS1.CC(C)CS.CC1=C(/C=C/C(C)=C/C=C/C(C)=C/C(C)C)C(C)(C)CCC1.C[O-]. The third kappa shape index (κ3) is 50.1. The lowest BCUT2D eigenvalue weighted by Gasteiger charge is -2.32.